The van der Waals surface area contributed by atoms with E-state index >= 15 is 0 Å². The number of nitrogens with zero attached hydrogens (tertiary/aromatic N) is 2. The highest BCUT2D eigenvalue weighted by molar-refractivity contribution is 7.15. The van der Waals surface area contributed by atoms with Gasteiger partial charge in [-0.25, -0.2) is 4.98 Å². The summed E-state index contributed by atoms with van der Waals surface area (Å²) >= 11 is 1.48. The number of thiazole rings is 1. The van der Waals surface area contributed by atoms with Gasteiger partial charge in [-0.2, -0.15) is 0 Å². The van der Waals surface area contributed by atoms with E-state index in [2.05, 4.69) is 9.97 Å². The standard InChI is InChI=1S/C12H13N3O2S/c1-7-10(6-9(13)12(16)17)18-11(15-7)8-2-4-14-5-3-8/h2-5,9H,6,13H2,1H3,(H,16,17). The van der Waals surface area contributed by atoms with E-state index in [0.717, 1.165) is 21.1 Å². The quantitative estimate of drug-likeness (QED) is 0.871. The average molecular weight is 263 g/mol. The van der Waals surface area contributed by atoms with Crippen LogP contribution in [-0.4, -0.2) is 27.1 Å². The maximum Gasteiger partial charge on any atom is 0.320 e. The summed E-state index contributed by atoms with van der Waals surface area (Å²) < 4.78 is 0. The Morgan fingerprint density at radius 3 is 2.78 bits per heavy atom. The largest absolute Gasteiger partial charge is 0.480 e. The number of hydrogen-bond acceptors (Lipinski definition) is 5. The fourth-order valence-electron chi connectivity index (χ4n) is 1.52. The molecule has 0 aliphatic carbocycles. The van der Waals surface area contributed by atoms with Crippen LogP contribution in [0.1, 0.15) is 10.6 Å². The number of aliphatic carboxylic acids is 1. The van der Waals surface area contributed by atoms with Gasteiger partial charge in [-0.15, -0.1) is 11.3 Å². The molecule has 18 heavy (non-hydrogen) atoms. The van der Waals surface area contributed by atoms with E-state index in [9.17, 15) is 4.79 Å². The second-order valence-electron chi connectivity index (χ2n) is 3.91. The Kier molecular flexibility index (Phi) is 3.69. The van der Waals surface area contributed by atoms with Crippen molar-refractivity contribution >= 4 is 17.3 Å². The lowest BCUT2D eigenvalue weighted by Crippen LogP contribution is -2.32. The first-order chi connectivity index (χ1) is 8.58. The predicted molar refractivity (Wildman–Crippen MR) is 69.4 cm³/mol. The van der Waals surface area contributed by atoms with E-state index in [0.29, 0.717) is 6.42 Å². The monoisotopic (exact) mass is 263 g/mol. The average Bonchev–Trinajstić information content (AvgIpc) is 2.72. The van der Waals surface area contributed by atoms with Gasteiger partial charge in [0.05, 0.1) is 5.69 Å². The van der Waals surface area contributed by atoms with Crippen LogP contribution >= 0.6 is 11.3 Å². The van der Waals surface area contributed by atoms with Crippen LogP contribution in [0.2, 0.25) is 0 Å². The Hall–Kier alpha value is -1.79. The van der Waals surface area contributed by atoms with Crippen LogP contribution in [0.3, 0.4) is 0 Å². The fourth-order valence-corrected chi connectivity index (χ4v) is 2.65. The zero-order valence-corrected chi connectivity index (χ0v) is 10.6. The summed E-state index contributed by atoms with van der Waals surface area (Å²) in [5.74, 6) is -0.992. The van der Waals surface area contributed by atoms with Crippen molar-refractivity contribution in [1.29, 1.82) is 0 Å². The highest BCUT2D eigenvalue weighted by Crippen LogP contribution is 2.28. The molecule has 0 aromatic carbocycles. The first-order valence-electron chi connectivity index (χ1n) is 5.43. The molecule has 3 N–H and O–H groups in total. The SMILES string of the molecule is Cc1nc(-c2ccncc2)sc1CC(N)C(=O)O. The summed E-state index contributed by atoms with van der Waals surface area (Å²) in [6.45, 7) is 1.87. The molecule has 94 valence electrons. The molecular formula is C12H13N3O2S. The first kappa shape index (κ1) is 12.7. The molecule has 2 aromatic heterocycles. The highest BCUT2D eigenvalue weighted by atomic mass is 32.1. The van der Waals surface area contributed by atoms with E-state index in [-0.39, 0.29) is 0 Å². The lowest BCUT2D eigenvalue weighted by Gasteiger charge is -2.03. The minimum absolute atomic E-state index is 0.309. The first-order valence-corrected chi connectivity index (χ1v) is 6.24. The molecule has 0 aliphatic rings. The second-order valence-corrected chi connectivity index (χ2v) is 5.00. The number of aromatic nitrogens is 2. The molecule has 2 aromatic rings. The van der Waals surface area contributed by atoms with Crippen LogP contribution in [0.25, 0.3) is 10.6 Å². The molecule has 2 rings (SSSR count). The molecule has 5 nitrogen and oxygen atoms in total. The Morgan fingerprint density at radius 1 is 1.50 bits per heavy atom. The van der Waals surface area contributed by atoms with Crippen LogP contribution in [0.4, 0.5) is 0 Å². The number of carboxylic acid groups (broad SMARTS) is 1. The number of carbonyl (C=O) groups is 1. The van der Waals surface area contributed by atoms with Crippen molar-refractivity contribution in [1.82, 2.24) is 9.97 Å². The minimum Gasteiger partial charge on any atom is -0.480 e. The zero-order valence-electron chi connectivity index (χ0n) is 9.83. The summed E-state index contributed by atoms with van der Waals surface area (Å²) in [5.41, 5.74) is 7.35. The van der Waals surface area contributed by atoms with Crippen LogP contribution in [0.5, 0.6) is 0 Å². The molecular weight excluding hydrogens is 250 g/mol. The molecule has 0 amide bonds. The van der Waals surface area contributed by atoms with Gasteiger partial charge in [-0.05, 0) is 19.1 Å². The van der Waals surface area contributed by atoms with Crippen molar-refractivity contribution in [2.24, 2.45) is 5.73 Å². The molecule has 1 atom stereocenters. The molecule has 1 unspecified atom stereocenters. The molecule has 0 saturated carbocycles. The summed E-state index contributed by atoms with van der Waals surface area (Å²) in [6, 6.07) is 2.87. The minimum atomic E-state index is -0.992. The molecule has 0 spiro atoms. The number of hydrogen-bond donors (Lipinski definition) is 2. The van der Waals surface area contributed by atoms with Gasteiger partial charge >= 0.3 is 5.97 Å². The smallest absolute Gasteiger partial charge is 0.320 e. The predicted octanol–water partition coefficient (Wildman–Crippen LogP) is 1.47. The van der Waals surface area contributed by atoms with E-state index in [1.165, 1.54) is 11.3 Å². The topological polar surface area (TPSA) is 89.1 Å². The Morgan fingerprint density at radius 2 is 2.17 bits per heavy atom. The van der Waals surface area contributed by atoms with Crippen molar-refractivity contribution in [3.63, 3.8) is 0 Å². The van der Waals surface area contributed by atoms with E-state index < -0.39 is 12.0 Å². The summed E-state index contributed by atoms with van der Waals surface area (Å²) in [6.07, 6.45) is 3.72. The van der Waals surface area contributed by atoms with Crippen molar-refractivity contribution in [3.8, 4) is 10.6 Å². The molecule has 0 saturated heterocycles. The molecule has 2 heterocycles. The second kappa shape index (κ2) is 5.24. The van der Waals surface area contributed by atoms with Gasteiger partial charge in [-0.1, -0.05) is 0 Å². The van der Waals surface area contributed by atoms with Crippen molar-refractivity contribution < 1.29 is 9.90 Å². The van der Waals surface area contributed by atoms with Crippen molar-refractivity contribution in [2.75, 3.05) is 0 Å². The van der Waals surface area contributed by atoms with Gasteiger partial charge in [0.25, 0.3) is 0 Å². The van der Waals surface area contributed by atoms with Gasteiger partial charge in [0, 0.05) is 29.3 Å². The lowest BCUT2D eigenvalue weighted by molar-refractivity contribution is -0.138. The van der Waals surface area contributed by atoms with Gasteiger partial charge in [0.15, 0.2) is 0 Å². The number of carboxylic acids is 1. The van der Waals surface area contributed by atoms with Gasteiger partial charge in [-0.3, -0.25) is 9.78 Å². The number of nitrogens with two attached hydrogens (primary N) is 1. The highest BCUT2D eigenvalue weighted by Gasteiger charge is 2.17. The molecule has 0 radical (unpaired) electrons. The van der Waals surface area contributed by atoms with Gasteiger partial charge < -0.3 is 10.8 Å². The maximum atomic E-state index is 10.7. The summed E-state index contributed by atoms with van der Waals surface area (Å²) in [4.78, 5) is 20.0. The third-order valence-electron chi connectivity index (χ3n) is 2.54. The molecule has 6 heteroatoms. The fraction of sp³-hybridized carbons (Fsp3) is 0.250. The van der Waals surface area contributed by atoms with E-state index in [4.69, 9.17) is 10.8 Å². The lowest BCUT2D eigenvalue weighted by atomic mass is 10.2. The molecule has 0 fully saturated rings. The van der Waals surface area contributed by atoms with Crippen LogP contribution in [0, 0.1) is 6.92 Å². The van der Waals surface area contributed by atoms with Gasteiger partial charge in [0.2, 0.25) is 0 Å². The number of pyridine rings is 1. The summed E-state index contributed by atoms with van der Waals surface area (Å²) in [7, 11) is 0. The van der Waals surface area contributed by atoms with Crippen LogP contribution in [0.15, 0.2) is 24.5 Å². The molecule has 0 aliphatic heterocycles. The van der Waals surface area contributed by atoms with Crippen LogP contribution in [-0.2, 0) is 11.2 Å². The van der Waals surface area contributed by atoms with Gasteiger partial charge in [0.1, 0.15) is 11.0 Å². The Balaban J connectivity index is 2.25. The van der Waals surface area contributed by atoms with Crippen LogP contribution < -0.4 is 5.73 Å². The van der Waals surface area contributed by atoms with Crippen molar-refractivity contribution in [2.45, 2.75) is 19.4 Å². The number of aryl methyl sites for hydroxylation is 1. The normalized spacial score (nSPS) is 12.3. The summed E-state index contributed by atoms with van der Waals surface area (Å²) in [5, 5.41) is 9.67. The molecule has 0 bridgehead atoms. The third-order valence-corrected chi connectivity index (χ3v) is 3.77. The maximum absolute atomic E-state index is 10.7. The van der Waals surface area contributed by atoms with E-state index in [1.807, 2.05) is 19.1 Å². The van der Waals surface area contributed by atoms with Crippen molar-refractivity contribution in [3.05, 3.63) is 35.1 Å². The Bertz CT molecular complexity index is 554. The number of rotatable bonds is 4. The van der Waals surface area contributed by atoms with E-state index in [1.54, 1.807) is 12.4 Å². The zero-order chi connectivity index (χ0) is 13.1. The third kappa shape index (κ3) is 2.72. The Labute approximate surface area is 108 Å².